The van der Waals surface area contributed by atoms with Crippen molar-refractivity contribution in [3.05, 3.63) is 35.9 Å². The zero-order valence-corrected chi connectivity index (χ0v) is 10.4. The summed E-state index contributed by atoms with van der Waals surface area (Å²) in [6, 6.07) is 10.2. The van der Waals surface area contributed by atoms with Gasteiger partial charge < -0.3 is 4.90 Å². The van der Waals surface area contributed by atoms with E-state index in [1.807, 2.05) is 18.2 Å². The number of hydroxylamine groups is 1. The molecule has 1 N–H and O–H groups in total. The third-order valence-corrected chi connectivity index (χ3v) is 3.14. The van der Waals surface area contributed by atoms with Gasteiger partial charge in [0.2, 0.25) is 0 Å². The molecule has 1 saturated heterocycles. The predicted octanol–water partition coefficient (Wildman–Crippen LogP) is 2.19. The maximum Gasteiger partial charge on any atom is 0.0933 e. The Balaban J connectivity index is 1.46. The highest BCUT2D eigenvalue weighted by molar-refractivity contribution is 5.13. The summed E-state index contributed by atoms with van der Waals surface area (Å²) in [5, 5.41) is 0. The fraction of sp³-hybridized carbons (Fsp3) is 0.571. The van der Waals surface area contributed by atoms with Crippen molar-refractivity contribution in [2.24, 2.45) is 0 Å². The minimum Gasteiger partial charge on any atom is -0.303 e. The van der Waals surface area contributed by atoms with Crippen LogP contribution in [0, 0.1) is 0 Å². The number of likely N-dealkylation sites (tertiary alicyclic amines) is 1. The number of nitrogens with zero attached hydrogens (tertiary/aromatic N) is 1. The highest BCUT2D eigenvalue weighted by Crippen LogP contribution is 2.06. The van der Waals surface area contributed by atoms with E-state index in [1.54, 1.807) is 0 Å². The minimum atomic E-state index is 0.643. The second-order valence-corrected chi connectivity index (χ2v) is 4.57. The normalized spacial score (nSPS) is 16.5. The molecule has 0 aliphatic carbocycles. The molecule has 1 aliphatic rings. The molecule has 1 aromatic carbocycles. The SMILES string of the molecule is c1ccc(CONCCCN2CCCC2)cc1. The molecule has 1 fully saturated rings. The Labute approximate surface area is 104 Å². The maximum atomic E-state index is 5.42. The lowest BCUT2D eigenvalue weighted by atomic mass is 10.2. The van der Waals surface area contributed by atoms with Crippen LogP contribution in [0.1, 0.15) is 24.8 Å². The Morgan fingerprint density at radius 2 is 1.88 bits per heavy atom. The Kier molecular flexibility index (Phi) is 5.49. The largest absolute Gasteiger partial charge is 0.303 e. The van der Waals surface area contributed by atoms with Gasteiger partial charge in [0.05, 0.1) is 6.61 Å². The van der Waals surface area contributed by atoms with Crippen LogP contribution < -0.4 is 5.48 Å². The molecule has 0 amide bonds. The summed E-state index contributed by atoms with van der Waals surface area (Å²) < 4.78 is 0. The van der Waals surface area contributed by atoms with Gasteiger partial charge in [-0.1, -0.05) is 30.3 Å². The highest BCUT2D eigenvalue weighted by Gasteiger charge is 2.09. The summed E-state index contributed by atoms with van der Waals surface area (Å²) in [5.41, 5.74) is 4.24. The second kappa shape index (κ2) is 7.43. The third-order valence-electron chi connectivity index (χ3n) is 3.14. The lowest BCUT2D eigenvalue weighted by Crippen LogP contribution is -2.24. The summed E-state index contributed by atoms with van der Waals surface area (Å²) in [6.07, 6.45) is 3.91. The van der Waals surface area contributed by atoms with E-state index in [1.165, 1.54) is 38.0 Å². The van der Waals surface area contributed by atoms with E-state index < -0.39 is 0 Å². The van der Waals surface area contributed by atoms with Gasteiger partial charge in [0.1, 0.15) is 0 Å². The molecular formula is C14H22N2O. The van der Waals surface area contributed by atoms with Gasteiger partial charge >= 0.3 is 0 Å². The van der Waals surface area contributed by atoms with Gasteiger partial charge in [-0.05, 0) is 44.5 Å². The van der Waals surface area contributed by atoms with Crippen LogP contribution in [-0.2, 0) is 11.4 Å². The summed E-state index contributed by atoms with van der Waals surface area (Å²) in [7, 11) is 0. The number of nitrogens with one attached hydrogen (secondary N) is 1. The van der Waals surface area contributed by atoms with E-state index in [2.05, 4.69) is 22.5 Å². The van der Waals surface area contributed by atoms with E-state index in [0.717, 1.165) is 13.0 Å². The van der Waals surface area contributed by atoms with Crippen LogP contribution in [0.25, 0.3) is 0 Å². The van der Waals surface area contributed by atoms with E-state index in [4.69, 9.17) is 4.84 Å². The molecule has 0 radical (unpaired) electrons. The molecule has 2 rings (SSSR count). The average Bonchev–Trinajstić information content (AvgIpc) is 2.88. The Hall–Kier alpha value is -0.900. The zero-order valence-electron chi connectivity index (χ0n) is 10.4. The summed E-state index contributed by atoms with van der Waals surface area (Å²) in [5.74, 6) is 0. The van der Waals surface area contributed by atoms with E-state index in [9.17, 15) is 0 Å². The number of hydrogen-bond acceptors (Lipinski definition) is 3. The minimum absolute atomic E-state index is 0.643. The number of hydrogen-bond donors (Lipinski definition) is 1. The Morgan fingerprint density at radius 3 is 2.65 bits per heavy atom. The molecule has 0 atom stereocenters. The smallest absolute Gasteiger partial charge is 0.0933 e. The molecule has 3 heteroatoms. The monoisotopic (exact) mass is 234 g/mol. The molecule has 94 valence electrons. The molecule has 1 aromatic rings. The molecule has 0 bridgehead atoms. The van der Waals surface area contributed by atoms with E-state index in [0.29, 0.717) is 6.61 Å². The molecule has 1 aliphatic heterocycles. The molecule has 0 unspecified atom stereocenters. The van der Waals surface area contributed by atoms with Gasteiger partial charge in [-0.3, -0.25) is 4.84 Å². The molecule has 1 heterocycles. The fourth-order valence-electron chi connectivity index (χ4n) is 2.16. The van der Waals surface area contributed by atoms with Crippen LogP contribution in [0.2, 0.25) is 0 Å². The van der Waals surface area contributed by atoms with Gasteiger partial charge in [-0.2, -0.15) is 0 Å². The number of rotatable bonds is 7. The summed E-state index contributed by atoms with van der Waals surface area (Å²) in [4.78, 5) is 7.94. The van der Waals surface area contributed by atoms with Crippen molar-refractivity contribution < 1.29 is 4.84 Å². The molecule has 17 heavy (non-hydrogen) atoms. The van der Waals surface area contributed by atoms with Crippen molar-refractivity contribution in [1.29, 1.82) is 0 Å². The third kappa shape index (κ3) is 4.86. The van der Waals surface area contributed by atoms with Crippen LogP contribution in [0.15, 0.2) is 30.3 Å². The first kappa shape index (κ1) is 12.6. The summed E-state index contributed by atoms with van der Waals surface area (Å²) >= 11 is 0. The van der Waals surface area contributed by atoms with E-state index in [-0.39, 0.29) is 0 Å². The van der Waals surface area contributed by atoms with Gasteiger partial charge in [0.15, 0.2) is 0 Å². The first-order chi connectivity index (χ1) is 8.45. The van der Waals surface area contributed by atoms with Crippen LogP contribution in [-0.4, -0.2) is 31.1 Å². The predicted molar refractivity (Wildman–Crippen MR) is 69.5 cm³/mol. The lowest BCUT2D eigenvalue weighted by Gasteiger charge is -2.14. The van der Waals surface area contributed by atoms with Gasteiger partial charge in [-0.15, -0.1) is 0 Å². The molecular weight excluding hydrogens is 212 g/mol. The Bertz CT molecular complexity index is 296. The van der Waals surface area contributed by atoms with Crippen molar-refractivity contribution in [1.82, 2.24) is 10.4 Å². The van der Waals surface area contributed by atoms with Crippen molar-refractivity contribution >= 4 is 0 Å². The van der Waals surface area contributed by atoms with Gasteiger partial charge in [0.25, 0.3) is 0 Å². The first-order valence-electron chi connectivity index (χ1n) is 6.56. The summed E-state index contributed by atoms with van der Waals surface area (Å²) in [6.45, 7) is 5.34. The fourth-order valence-corrected chi connectivity index (χ4v) is 2.16. The average molecular weight is 234 g/mol. The molecule has 0 spiro atoms. The van der Waals surface area contributed by atoms with Crippen LogP contribution in [0.4, 0.5) is 0 Å². The molecule has 3 nitrogen and oxygen atoms in total. The van der Waals surface area contributed by atoms with Crippen molar-refractivity contribution in [3.8, 4) is 0 Å². The lowest BCUT2D eigenvalue weighted by molar-refractivity contribution is 0.0264. The maximum absolute atomic E-state index is 5.42. The first-order valence-corrected chi connectivity index (χ1v) is 6.56. The number of benzene rings is 1. The zero-order chi connectivity index (χ0) is 11.8. The van der Waals surface area contributed by atoms with Crippen LogP contribution in [0.3, 0.4) is 0 Å². The van der Waals surface area contributed by atoms with Crippen molar-refractivity contribution in [3.63, 3.8) is 0 Å². The van der Waals surface area contributed by atoms with E-state index >= 15 is 0 Å². The molecule has 0 saturated carbocycles. The van der Waals surface area contributed by atoms with Crippen molar-refractivity contribution in [2.45, 2.75) is 25.9 Å². The van der Waals surface area contributed by atoms with Gasteiger partial charge in [-0.25, -0.2) is 5.48 Å². The van der Waals surface area contributed by atoms with Crippen LogP contribution in [0.5, 0.6) is 0 Å². The van der Waals surface area contributed by atoms with Gasteiger partial charge in [0, 0.05) is 6.54 Å². The second-order valence-electron chi connectivity index (χ2n) is 4.57. The highest BCUT2D eigenvalue weighted by atomic mass is 16.6. The Morgan fingerprint density at radius 1 is 1.12 bits per heavy atom. The standard InChI is InChI=1S/C14H22N2O/c1-2-7-14(8-3-1)13-17-15-9-6-12-16-10-4-5-11-16/h1-3,7-8,15H,4-6,9-13H2. The van der Waals surface area contributed by atoms with Crippen molar-refractivity contribution in [2.75, 3.05) is 26.2 Å². The topological polar surface area (TPSA) is 24.5 Å². The quantitative estimate of drug-likeness (QED) is 0.578. The molecule has 0 aromatic heterocycles. The van der Waals surface area contributed by atoms with Crippen LogP contribution >= 0.6 is 0 Å².